The van der Waals surface area contributed by atoms with E-state index in [4.69, 9.17) is 0 Å². The van der Waals surface area contributed by atoms with Gasteiger partial charge < -0.3 is 0 Å². The molecule has 1 aromatic heterocycles. The lowest BCUT2D eigenvalue weighted by molar-refractivity contribution is 0.567. The number of aromatic amines is 1. The second-order valence-corrected chi connectivity index (χ2v) is 7.95. The molecule has 0 aliphatic heterocycles. The second kappa shape index (κ2) is 5.18. The highest BCUT2D eigenvalue weighted by Crippen LogP contribution is 2.23. The number of hydrogen-bond acceptors (Lipinski definition) is 3. The van der Waals surface area contributed by atoms with Gasteiger partial charge in [-0.3, -0.25) is 9.82 Å². The molecule has 1 aromatic carbocycles. The third-order valence-electron chi connectivity index (χ3n) is 3.41. The molecule has 0 amide bonds. The summed E-state index contributed by atoms with van der Waals surface area (Å²) in [7, 11) is -3.62. The van der Waals surface area contributed by atoms with Crippen LogP contribution in [-0.2, 0) is 15.4 Å². The second-order valence-electron chi connectivity index (χ2n) is 6.27. The van der Waals surface area contributed by atoms with Crippen LogP contribution in [0.25, 0.3) is 0 Å². The van der Waals surface area contributed by atoms with Crippen molar-refractivity contribution < 1.29 is 8.42 Å². The summed E-state index contributed by atoms with van der Waals surface area (Å²) in [6.07, 6.45) is 0. The maximum absolute atomic E-state index is 12.4. The maximum Gasteiger partial charge on any atom is 0.263 e. The minimum Gasteiger partial charge on any atom is -0.280 e. The number of nitrogens with zero attached hydrogens (tertiary/aromatic N) is 1. The van der Waals surface area contributed by atoms with Crippen LogP contribution in [0.5, 0.6) is 0 Å². The zero-order valence-electron chi connectivity index (χ0n) is 13.0. The summed E-state index contributed by atoms with van der Waals surface area (Å²) in [6.45, 7) is 9.93. The first kappa shape index (κ1) is 15.6. The van der Waals surface area contributed by atoms with E-state index in [1.54, 1.807) is 24.3 Å². The lowest BCUT2D eigenvalue weighted by atomic mass is 9.92. The van der Waals surface area contributed by atoms with E-state index in [-0.39, 0.29) is 10.3 Å². The monoisotopic (exact) mass is 307 g/mol. The molecule has 21 heavy (non-hydrogen) atoms. The Kier molecular flexibility index (Phi) is 3.84. The average molecular weight is 307 g/mol. The Labute approximate surface area is 125 Å². The van der Waals surface area contributed by atoms with Gasteiger partial charge in [-0.15, -0.1) is 0 Å². The van der Waals surface area contributed by atoms with Crippen LogP contribution in [0.3, 0.4) is 0 Å². The van der Waals surface area contributed by atoms with Gasteiger partial charge >= 0.3 is 0 Å². The normalized spacial score (nSPS) is 12.4. The van der Waals surface area contributed by atoms with Crippen LogP contribution in [0.15, 0.2) is 29.2 Å². The van der Waals surface area contributed by atoms with Crippen LogP contribution in [0.2, 0.25) is 0 Å². The zero-order valence-corrected chi connectivity index (χ0v) is 13.8. The number of anilines is 1. The molecule has 0 aliphatic rings. The quantitative estimate of drug-likeness (QED) is 0.915. The van der Waals surface area contributed by atoms with Crippen molar-refractivity contribution in [1.29, 1.82) is 0 Å². The van der Waals surface area contributed by atoms with E-state index in [2.05, 4.69) is 14.9 Å². The molecule has 0 atom stereocenters. The first-order chi connectivity index (χ1) is 9.59. The number of aryl methyl sites for hydroxylation is 2. The van der Waals surface area contributed by atoms with E-state index in [0.29, 0.717) is 5.82 Å². The zero-order chi connectivity index (χ0) is 15.8. The van der Waals surface area contributed by atoms with E-state index in [1.807, 2.05) is 34.6 Å². The summed E-state index contributed by atoms with van der Waals surface area (Å²) < 4.78 is 27.2. The minimum absolute atomic E-state index is 0.114. The summed E-state index contributed by atoms with van der Waals surface area (Å²) in [6, 6.07) is 6.78. The summed E-state index contributed by atoms with van der Waals surface area (Å²) in [4.78, 5) is 0.242. The van der Waals surface area contributed by atoms with Gasteiger partial charge in [0.05, 0.1) is 4.90 Å². The van der Waals surface area contributed by atoms with E-state index in [1.165, 1.54) is 0 Å². The number of sulfonamides is 1. The standard InChI is InChI=1S/C15H21N3O2S/c1-10-6-7-12(8-11(10)2)21(19,20)18-14-9-13(16-17-14)15(3,4)5/h6-9H,1-5H3,(H2,16,17,18). The number of benzene rings is 1. The van der Waals surface area contributed by atoms with Crippen LogP contribution in [0.1, 0.15) is 37.6 Å². The Balaban J connectivity index is 2.29. The van der Waals surface area contributed by atoms with Gasteiger partial charge in [0.2, 0.25) is 0 Å². The van der Waals surface area contributed by atoms with Gasteiger partial charge in [-0.05, 0) is 37.1 Å². The van der Waals surface area contributed by atoms with Crippen molar-refractivity contribution in [2.45, 2.75) is 44.9 Å². The van der Waals surface area contributed by atoms with Gasteiger partial charge in [0.15, 0.2) is 5.82 Å². The van der Waals surface area contributed by atoms with Crippen molar-refractivity contribution >= 4 is 15.8 Å². The molecule has 2 rings (SSSR count). The fourth-order valence-corrected chi connectivity index (χ4v) is 2.91. The van der Waals surface area contributed by atoms with Crippen molar-refractivity contribution in [3.8, 4) is 0 Å². The molecule has 5 nitrogen and oxygen atoms in total. The molecule has 1 heterocycles. The van der Waals surface area contributed by atoms with Crippen molar-refractivity contribution in [2.75, 3.05) is 4.72 Å². The number of rotatable bonds is 3. The Morgan fingerprint density at radius 1 is 1.10 bits per heavy atom. The SMILES string of the molecule is Cc1ccc(S(=O)(=O)Nc2cc(C(C)(C)C)[nH]n2)cc1C. The third-order valence-corrected chi connectivity index (χ3v) is 4.77. The molecule has 0 saturated carbocycles. The molecule has 114 valence electrons. The molecular formula is C15H21N3O2S. The van der Waals surface area contributed by atoms with Crippen LogP contribution in [0, 0.1) is 13.8 Å². The van der Waals surface area contributed by atoms with Crippen LogP contribution in [0.4, 0.5) is 5.82 Å². The van der Waals surface area contributed by atoms with Crippen LogP contribution in [-0.4, -0.2) is 18.6 Å². The van der Waals surface area contributed by atoms with Crippen molar-refractivity contribution in [3.63, 3.8) is 0 Å². The highest BCUT2D eigenvalue weighted by atomic mass is 32.2. The molecule has 0 spiro atoms. The lowest BCUT2D eigenvalue weighted by Crippen LogP contribution is -2.13. The number of hydrogen-bond donors (Lipinski definition) is 2. The smallest absolute Gasteiger partial charge is 0.263 e. The Morgan fingerprint density at radius 2 is 1.76 bits per heavy atom. The maximum atomic E-state index is 12.4. The molecule has 0 saturated heterocycles. The van der Waals surface area contributed by atoms with E-state index >= 15 is 0 Å². The number of nitrogens with one attached hydrogen (secondary N) is 2. The summed E-state index contributed by atoms with van der Waals surface area (Å²) in [5.74, 6) is 0.304. The van der Waals surface area contributed by atoms with Gasteiger partial charge in [-0.2, -0.15) is 5.10 Å². The van der Waals surface area contributed by atoms with Gasteiger partial charge in [0.1, 0.15) is 0 Å². The predicted octanol–water partition coefficient (Wildman–Crippen LogP) is 3.12. The molecule has 0 aliphatic carbocycles. The molecule has 0 bridgehead atoms. The highest BCUT2D eigenvalue weighted by molar-refractivity contribution is 7.92. The largest absolute Gasteiger partial charge is 0.280 e. The first-order valence-electron chi connectivity index (χ1n) is 6.75. The van der Waals surface area contributed by atoms with Gasteiger partial charge in [0, 0.05) is 17.2 Å². The first-order valence-corrected chi connectivity index (χ1v) is 8.24. The van der Waals surface area contributed by atoms with Crippen molar-refractivity contribution in [2.24, 2.45) is 0 Å². The van der Waals surface area contributed by atoms with E-state index in [0.717, 1.165) is 16.8 Å². The van der Waals surface area contributed by atoms with E-state index in [9.17, 15) is 8.42 Å². The summed E-state index contributed by atoms with van der Waals surface area (Å²) >= 11 is 0. The molecule has 6 heteroatoms. The fraction of sp³-hybridized carbons (Fsp3) is 0.400. The number of aromatic nitrogens is 2. The molecule has 2 aromatic rings. The van der Waals surface area contributed by atoms with Crippen LogP contribution < -0.4 is 4.72 Å². The molecule has 0 radical (unpaired) electrons. The van der Waals surface area contributed by atoms with Crippen molar-refractivity contribution in [3.05, 3.63) is 41.1 Å². The number of H-pyrrole nitrogens is 1. The lowest BCUT2D eigenvalue weighted by Gasteiger charge is -2.14. The van der Waals surface area contributed by atoms with Gasteiger partial charge in [-0.1, -0.05) is 26.8 Å². The summed E-state index contributed by atoms with van der Waals surface area (Å²) in [5, 5.41) is 6.88. The summed E-state index contributed by atoms with van der Waals surface area (Å²) in [5.41, 5.74) is 2.76. The topological polar surface area (TPSA) is 74.8 Å². The molecule has 0 fully saturated rings. The van der Waals surface area contributed by atoms with Gasteiger partial charge in [0.25, 0.3) is 10.0 Å². The minimum atomic E-state index is -3.62. The van der Waals surface area contributed by atoms with E-state index < -0.39 is 10.0 Å². The van der Waals surface area contributed by atoms with Crippen molar-refractivity contribution in [1.82, 2.24) is 10.2 Å². The average Bonchev–Trinajstić information content (AvgIpc) is 2.80. The highest BCUT2D eigenvalue weighted by Gasteiger charge is 2.20. The molecule has 2 N–H and O–H groups in total. The van der Waals surface area contributed by atoms with Crippen LogP contribution >= 0.6 is 0 Å². The Morgan fingerprint density at radius 3 is 2.29 bits per heavy atom. The Hall–Kier alpha value is -1.82. The van der Waals surface area contributed by atoms with Gasteiger partial charge in [-0.25, -0.2) is 8.42 Å². The molecule has 0 unspecified atom stereocenters. The fourth-order valence-electron chi connectivity index (χ4n) is 1.84. The third kappa shape index (κ3) is 3.44. The molecular weight excluding hydrogens is 286 g/mol. The predicted molar refractivity (Wildman–Crippen MR) is 84.0 cm³/mol. The Bertz CT molecular complexity index is 755.